The molecule has 0 saturated heterocycles. The van der Waals surface area contributed by atoms with E-state index in [2.05, 4.69) is 17.2 Å². The van der Waals surface area contributed by atoms with Gasteiger partial charge in [-0.05, 0) is 0 Å². The molecule has 52 valence electrons. The van der Waals surface area contributed by atoms with E-state index < -0.39 is 6.03 Å². The highest BCUT2D eigenvalue weighted by molar-refractivity contribution is 5.69. The van der Waals surface area contributed by atoms with Crippen molar-refractivity contribution in [2.45, 2.75) is 0 Å². The van der Waals surface area contributed by atoms with Gasteiger partial charge in [-0.15, -0.1) is 0 Å². The van der Waals surface area contributed by atoms with Gasteiger partial charge in [0.15, 0.2) is 0 Å². The van der Waals surface area contributed by atoms with Crippen molar-refractivity contribution in [2.24, 2.45) is 17.2 Å². The van der Waals surface area contributed by atoms with Crippen molar-refractivity contribution < 1.29 is 11.0 Å². The van der Waals surface area contributed by atoms with Gasteiger partial charge in [-0.2, -0.15) is 0 Å². The summed E-state index contributed by atoms with van der Waals surface area (Å²) < 4.78 is 0. The summed E-state index contributed by atoms with van der Waals surface area (Å²) in [6.45, 7) is 0. The van der Waals surface area contributed by atoms with Crippen LogP contribution in [0.25, 0.3) is 0 Å². The summed E-state index contributed by atoms with van der Waals surface area (Å²) in [6.07, 6.45) is 0.250. The average Bonchev–Trinajstić information content (AvgIpc) is 1.33. The molecule has 6 nitrogen and oxygen atoms in total. The van der Waals surface area contributed by atoms with Crippen LogP contribution in [0.3, 0.4) is 0 Å². The first-order chi connectivity index (χ1) is 3.15. The fourth-order valence-electron chi connectivity index (χ4n) is 0. The van der Waals surface area contributed by atoms with Crippen LogP contribution in [0.1, 0.15) is 1.43 Å². The third kappa shape index (κ3) is 38.1. The van der Waals surface area contributed by atoms with Gasteiger partial charge in [-0.3, -0.25) is 4.79 Å². The van der Waals surface area contributed by atoms with Gasteiger partial charge in [-0.25, -0.2) is 4.79 Å². The highest BCUT2D eigenvalue weighted by atomic mass is 16.2. The molecular formula is C2H12N4O2. The van der Waals surface area contributed by atoms with Crippen LogP contribution in [0.5, 0.6) is 0 Å². The number of primary amides is 3. The van der Waals surface area contributed by atoms with E-state index in [0.717, 1.165) is 0 Å². The Bertz CT molecular complexity index is 63.6. The summed E-state index contributed by atoms with van der Waals surface area (Å²) in [5, 5.41) is 0. The number of nitrogens with two attached hydrogens (primary N) is 3. The molecule has 0 aromatic rings. The van der Waals surface area contributed by atoms with E-state index in [1.54, 1.807) is 0 Å². The molecule has 0 fully saturated rings. The van der Waals surface area contributed by atoms with Crippen LogP contribution in [-0.4, -0.2) is 12.4 Å². The van der Waals surface area contributed by atoms with Crippen molar-refractivity contribution in [1.82, 2.24) is 6.15 Å². The van der Waals surface area contributed by atoms with Crippen LogP contribution in [0.4, 0.5) is 4.79 Å². The van der Waals surface area contributed by atoms with Crippen LogP contribution in [0, 0.1) is 0 Å². The van der Waals surface area contributed by atoms with Crippen molar-refractivity contribution in [1.29, 1.82) is 0 Å². The second-order valence-electron chi connectivity index (χ2n) is 0.538. The summed E-state index contributed by atoms with van der Waals surface area (Å²) in [5.41, 5.74) is 12.7. The van der Waals surface area contributed by atoms with E-state index in [1.165, 1.54) is 0 Å². The minimum absolute atomic E-state index is 0. The molecule has 0 aromatic carbocycles. The second-order valence-corrected chi connectivity index (χ2v) is 0.538. The number of rotatable bonds is 0. The Kier molecular flexibility index (Phi) is 34.3. The molecule has 0 spiro atoms. The Morgan fingerprint density at radius 1 is 1.50 bits per heavy atom. The van der Waals surface area contributed by atoms with E-state index in [1.807, 2.05) is 0 Å². The lowest BCUT2D eigenvalue weighted by molar-refractivity contribution is -0.106. The van der Waals surface area contributed by atoms with Crippen LogP contribution in [-0.2, 0) is 4.79 Å². The third-order valence-electron chi connectivity index (χ3n) is 0. The standard InChI is InChI=1S/CH4N2O.CH3NO.H3N.H2/c2-1(3)4;2-1-3;;/h(H4,2,3,4);1H,(H2,2,3);1H3;1H. The van der Waals surface area contributed by atoms with Gasteiger partial charge < -0.3 is 23.4 Å². The van der Waals surface area contributed by atoms with Crippen molar-refractivity contribution >= 4 is 12.4 Å². The van der Waals surface area contributed by atoms with E-state index in [0.29, 0.717) is 0 Å². The molecular weight excluding hydrogens is 112 g/mol. The molecule has 6 heteroatoms. The Morgan fingerprint density at radius 2 is 1.50 bits per heavy atom. The summed E-state index contributed by atoms with van der Waals surface area (Å²) in [5.74, 6) is 0. The van der Waals surface area contributed by atoms with E-state index in [-0.39, 0.29) is 14.0 Å². The molecule has 0 atom stereocenters. The largest absolute Gasteiger partial charge is 0.372 e. The quantitative estimate of drug-likeness (QED) is 0.292. The number of carbonyl (C=O) groups excluding carboxylic acids is 2. The zero-order valence-electron chi connectivity index (χ0n) is 4.33. The highest BCUT2D eigenvalue weighted by Gasteiger charge is 1.60. The molecule has 0 rings (SSSR count). The normalized spacial score (nSPS) is 4.50. The van der Waals surface area contributed by atoms with Crippen LogP contribution < -0.4 is 23.4 Å². The Labute approximate surface area is 48.1 Å². The monoisotopic (exact) mass is 124 g/mol. The van der Waals surface area contributed by atoms with Crippen LogP contribution in [0.2, 0.25) is 0 Å². The Morgan fingerprint density at radius 3 is 1.50 bits per heavy atom. The average molecular weight is 124 g/mol. The lowest BCUT2D eigenvalue weighted by Gasteiger charge is -1.62. The molecule has 0 aliphatic carbocycles. The highest BCUT2D eigenvalue weighted by Crippen LogP contribution is 1.25. The molecule has 9 N–H and O–H groups in total. The van der Waals surface area contributed by atoms with Crippen LogP contribution in [0.15, 0.2) is 0 Å². The van der Waals surface area contributed by atoms with Crippen molar-refractivity contribution in [3.8, 4) is 0 Å². The maximum absolute atomic E-state index is 9.00. The molecule has 0 unspecified atom stereocenters. The van der Waals surface area contributed by atoms with Crippen LogP contribution >= 0.6 is 0 Å². The van der Waals surface area contributed by atoms with Gasteiger partial charge in [0.1, 0.15) is 0 Å². The fraction of sp³-hybridized carbons (Fsp3) is 0. The molecule has 0 saturated carbocycles. The SMILES string of the molecule is N.NC(N)=O.NC=O.[HH]. The molecule has 0 aliphatic rings. The van der Waals surface area contributed by atoms with Crippen molar-refractivity contribution in [3.05, 3.63) is 0 Å². The minimum atomic E-state index is -0.833. The fourth-order valence-corrected chi connectivity index (χ4v) is 0. The number of hydrogen-bond donors (Lipinski definition) is 4. The first kappa shape index (κ1) is 15.9. The molecule has 0 heterocycles. The number of carbonyl (C=O) groups is 2. The Hall–Kier alpha value is -1.30. The smallest absolute Gasteiger partial charge is 0.309 e. The summed E-state index contributed by atoms with van der Waals surface area (Å²) in [4.78, 5) is 17.6. The van der Waals surface area contributed by atoms with Gasteiger partial charge >= 0.3 is 6.03 Å². The third-order valence-corrected chi connectivity index (χ3v) is 0. The number of urea groups is 1. The maximum Gasteiger partial charge on any atom is 0.309 e. The van der Waals surface area contributed by atoms with Gasteiger partial charge in [0.2, 0.25) is 6.41 Å². The van der Waals surface area contributed by atoms with Gasteiger partial charge in [0, 0.05) is 1.43 Å². The second kappa shape index (κ2) is 17.3. The number of amides is 3. The minimum Gasteiger partial charge on any atom is -0.372 e. The molecule has 0 aromatic heterocycles. The first-order valence-electron chi connectivity index (χ1n) is 1.35. The van der Waals surface area contributed by atoms with Gasteiger partial charge in [-0.1, -0.05) is 0 Å². The lowest BCUT2D eigenvalue weighted by Crippen LogP contribution is -2.18. The Balaban J connectivity index is -0.0000000233. The molecule has 8 heavy (non-hydrogen) atoms. The maximum atomic E-state index is 9.00. The van der Waals surface area contributed by atoms with Crippen molar-refractivity contribution in [2.75, 3.05) is 0 Å². The summed E-state index contributed by atoms with van der Waals surface area (Å²) in [7, 11) is 0. The summed E-state index contributed by atoms with van der Waals surface area (Å²) in [6, 6.07) is -0.833. The predicted octanol–water partition coefficient (Wildman–Crippen LogP) is -1.47. The molecule has 0 bridgehead atoms. The predicted molar refractivity (Wildman–Crippen MR) is 31.2 cm³/mol. The van der Waals surface area contributed by atoms with Gasteiger partial charge in [0.25, 0.3) is 0 Å². The van der Waals surface area contributed by atoms with E-state index in [9.17, 15) is 0 Å². The molecule has 0 aliphatic heterocycles. The molecule has 3 amide bonds. The zero-order valence-corrected chi connectivity index (χ0v) is 4.33. The van der Waals surface area contributed by atoms with Gasteiger partial charge in [0.05, 0.1) is 0 Å². The number of hydrogen-bond acceptors (Lipinski definition) is 3. The summed E-state index contributed by atoms with van der Waals surface area (Å²) >= 11 is 0. The van der Waals surface area contributed by atoms with Crippen molar-refractivity contribution in [3.63, 3.8) is 0 Å². The zero-order chi connectivity index (χ0) is 6.28. The molecule has 0 radical (unpaired) electrons. The first-order valence-corrected chi connectivity index (χ1v) is 1.35. The lowest BCUT2D eigenvalue weighted by atomic mass is 11.2. The van der Waals surface area contributed by atoms with E-state index in [4.69, 9.17) is 9.59 Å². The van der Waals surface area contributed by atoms with E-state index >= 15 is 0 Å². The topological polar surface area (TPSA) is 147 Å².